The van der Waals surface area contributed by atoms with Crippen molar-refractivity contribution in [1.82, 2.24) is 9.55 Å². The lowest BCUT2D eigenvalue weighted by atomic mass is 10.0. The monoisotopic (exact) mass is 347 g/mol. The molecule has 0 bridgehead atoms. The SMILES string of the molecule is COc1cccc(C=Cc2cccc(Cc3cc(=O)n(C)c(N)n3)c2)c1. The smallest absolute Gasteiger partial charge is 0.254 e. The summed E-state index contributed by atoms with van der Waals surface area (Å²) in [4.78, 5) is 16.1. The van der Waals surface area contributed by atoms with Gasteiger partial charge in [-0.25, -0.2) is 4.98 Å². The number of aromatic nitrogens is 2. The zero-order valence-corrected chi connectivity index (χ0v) is 14.8. The lowest BCUT2D eigenvalue weighted by Crippen LogP contribution is -2.21. The molecule has 0 atom stereocenters. The van der Waals surface area contributed by atoms with E-state index < -0.39 is 0 Å². The Morgan fingerprint density at radius 2 is 1.77 bits per heavy atom. The maximum atomic E-state index is 11.9. The Kier molecular flexibility index (Phi) is 5.17. The van der Waals surface area contributed by atoms with Crippen LogP contribution in [0.4, 0.5) is 5.95 Å². The number of anilines is 1. The van der Waals surface area contributed by atoms with E-state index in [1.54, 1.807) is 14.2 Å². The first-order valence-corrected chi connectivity index (χ1v) is 8.28. The number of benzene rings is 2. The topological polar surface area (TPSA) is 70.1 Å². The average Bonchev–Trinajstić information content (AvgIpc) is 2.65. The van der Waals surface area contributed by atoms with Crippen LogP contribution in [0.5, 0.6) is 5.75 Å². The Bertz CT molecular complexity index is 1010. The zero-order valence-electron chi connectivity index (χ0n) is 14.8. The summed E-state index contributed by atoms with van der Waals surface area (Å²) in [7, 11) is 3.27. The molecule has 2 N–H and O–H groups in total. The van der Waals surface area contributed by atoms with Crippen LogP contribution in [0, 0.1) is 0 Å². The van der Waals surface area contributed by atoms with Crippen LogP contribution in [0.2, 0.25) is 0 Å². The second kappa shape index (κ2) is 7.70. The summed E-state index contributed by atoms with van der Waals surface area (Å²) in [6.45, 7) is 0. The average molecular weight is 347 g/mol. The lowest BCUT2D eigenvalue weighted by molar-refractivity contribution is 0.414. The van der Waals surface area contributed by atoms with Gasteiger partial charge >= 0.3 is 0 Å². The molecule has 0 aliphatic heterocycles. The molecule has 0 saturated carbocycles. The summed E-state index contributed by atoms with van der Waals surface area (Å²) in [5.74, 6) is 1.05. The molecule has 0 unspecified atom stereocenters. The van der Waals surface area contributed by atoms with Crippen molar-refractivity contribution >= 4 is 18.1 Å². The number of nitrogens with zero attached hydrogens (tertiary/aromatic N) is 2. The second-order valence-corrected chi connectivity index (χ2v) is 6.03. The van der Waals surface area contributed by atoms with E-state index >= 15 is 0 Å². The van der Waals surface area contributed by atoms with Crippen LogP contribution in [0.1, 0.15) is 22.4 Å². The Morgan fingerprint density at radius 3 is 2.46 bits per heavy atom. The molecule has 0 radical (unpaired) electrons. The van der Waals surface area contributed by atoms with E-state index in [1.807, 2.05) is 54.6 Å². The molecule has 0 saturated heterocycles. The number of rotatable bonds is 5. The first-order valence-electron chi connectivity index (χ1n) is 8.28. The van der Waals surface area contributed by atoms with E-state index in [-0.39, 0.29) is 11.5 Å². The number of ether oxygens (including phenoxy) is 1. The molecule has 0 fully saturated rings. The molecule has 5 nitrogen and oxygen atoms in total. The molecule has 1 heterocycles. The van der Waals surface area contributed by atoms with Gasteiger partial charge in [0.1, 0.15) is 5.75 Å². The van der Waals surface area contributed by atoms with Gasteiger partial charge in [-0.1, -0.05) is 48.6 Å². The van der Waals surface area contributed by atoms with Crippen LogP contribution in [-0.2, 0) is 13.5 Å². The van der Waals surface area contributed by atoms with Crippen molar-refractivity contribution in [3.8, 4) is 5.75 Å². The fourth-order valence-electron chi connectivity index (χ4n) is 2.65. The molecule has 0 aliphatic carbocycles. The third-order valence-electron chi connectivity index (χ3n) is 4.12. The fraction of sp³-hybridized carbons (Fsp3) is 0.143. The number of nitrogen functional groups attached to an aromatic ring is 1. The highest BCUT2D eigenvalue weighted by atomic mass is 16.5. The third-order valence-corrected chi connectivity index (χ3v) is 4.12. The van der Waals surface area contributed by atoms with Gasteiger partial charge in [-0.3, -0.25) is 9.36 Å². The van der Waals surface area contributed by atoms with Crippen molar-refractivity contribution in [2.24, 2.45) is 7.05 Å². The summed E-state index contributed by atoms with van der Waals surface area (Å²) in [5.41, 5.74) is 9.49. The molecular formula is C21H21N3O2. The molecular weight excluding hydrogens is 326 g/mol. The largest absolute Gasteiger partial charge is 0.497 e. The minimum absolute atomic E-state index is 0.151. The summed E-state index contributed by atoms with van der Waals surface area (Å²) >= 11 is 0. The summed E-state index contributed by atoms with van der Waals surface area (Å²) in [6.07, 6.45) is 4.64. The van der Waals surface area contributed by atoms with Crippen LogP contribution < -0.4 is 16.0 Å². The maximum absolute atomic E-state index is 11.9. The van der Waals surface area contributed by atoms with E-state index in [0.717, 1.165) is 22.4 Å². The Morgan fingerprint density at radius 1 is 1.08 bits per heavy atom. The van der Waals surface area contributed by atoms with Crippen molar-refractivity contribution in [2.45, 2.75) is 6.42 Å². The lowest BCUT2D eigenvalue weighted by Gasteiger charge is -2.06. The first-order chi connectivity index (χ1) is 12.5. The number of hydrogen-bond acceptors (Lipinski definition) is 4. The summed E-state index contributed by atoms with van der Waals surface area (Å²) in [5, 5.41) is 0. The molecule has 5 heteroatoms. The highest BCUT2D eigenvalue weighted by Gasteiger charge is 2.04. The van der Waals surface area contributed by atoms with Crippen LogP contribution in [0.15, 0.2) is 59.4 Å². The minimum atomic E-state index is -0.151. The fourth-order valence-corrected chi connectivity index (χ4v) is 2.65. The third kappa shape index (κ3) is 4.19. The standard InChI is InChI=1S/C21H21N3O2/c1-24-20(25)14-18(23-21(24)22)12-17-7-3-5-15(11-17)9-10-16-6-4-8-19(13-16)26-2/h3-11,13-14H,12H2,1-2H3,(H2,22,23). The quantitative estimate of drug-likeness (QED) is 0.720. The van der Waals surface area contributed by atoms with E-state index in [2.05, 4.69) is 11.1 Å². The minimum Gasteiger partial charge on any atom is -0.497 e. The molecule has 1 aromatic heterocycles. The molecule has 2 aromatic carbocycles. The molecule has 3 aromatic rings. The van der Waals surface area contributed by atoms with Gasteiger partial charge in [-0.05, 0) is 28.8 Å². The normalized spacial score (nSPS) is 11.0. The predicted octanol–water partition coefficient (Wildman–Crippen LogP) is 3.13. The number of methoxy groups -OCH3 is 1. The molecule has 3 rings (SSSR count). The van der Waals surface area contributed by atoms with E-state index in [0.29, 0.717) is 12.1 Å². The van der Waals surface area contributed by atoms with Gasteiger partial charge in [0, 0.05) is 19.5 Å². The molecule has 0 spiro atoms. The molecule has 26 heavy (non-hydrogen) atoms. The van der Waals surface area contributed by atoms with Crippen LogP contribution in [0.3, 0.4) is 0 Å². The van der Waals surface area contributed by atoms with Crippen LogP contribution >= 0.6 is 0 Å². The highest BCUT2D eigenvalue weighted by molar-refractivity contribution is 5.70. The molecule has 0 aliphatic rings. The van der Waals surface area contributed by atoms with Gasteiger partial charge in [0.2, 0.25) is 5.95 Å². The van der Waals surface area contributed by atoms with Gasteiger partial charge in [0.15, 0.2) is 0 Å². The second-order valence-electron chi connectivity index (χ2n) is 6.03. The van der Waals surface area contributed by atoms with Gasteiger partial charge in [-0.2, -0.15) is 0 Å². The van der Waals surface area contributed by atoms with Gasteiger partial charge in [0.05, 0.1) is 12.8 Å². The van der Waals surface area contributed by atoms with Gasteiger partial charge in [0.25, 0.3) is 5.56 Å². The Hall–Kier alpha value is -3.34. The summed E-state index contributed by atoms with van der Waals surface area (Å²) in [6, 6.07) is 17.5. The van der Waals surface area contributed by atoms with Crippen molar-refractivity contribution in [3.63, 3.8) is 0 Å². The van der Waals surface area contributed by atoms with Crippen molar-refractivity contribution in [1.29, 1.82) is 0 Å². The first kappa shape index (κ1) is 17.5. The van der Waals surface area contributed by atoms with Crippen molar-refractivity contribution in [2.75, 3.05) is 12.8 Å². The van der Waals surface area contributed by atoms with Crippen molar-refractivity contribution in [3.05, 3.63) is 87.3 Å². The maximum Gasteiger partial charge on any atom is 0.254 e. The molecule has 0 amide bonds. The highest BCUT2D eigenvalue weighted by Crippen LogP contribution is 2.16. The zero-order chi connectivity index (χ0) is 18.5. The van der Waals surface area contributed by atoms with Gasteiger partial charge in [-0.15, -0.1) is 0 Å². The number of hydrogen-bond donors (Lipinski definition) is 1. The predicted molar refractivity (Wildman–Crippen MR) is 105 cm³/mol. The van der Waals surface area contributed by atoms with Crippen molar-refractivity contribution < 1.29 is 4.74 Å². The van der Waals surface area contributed by atoms with Crippen LogP contribution in [-0.4, -0.2) is 16.7 Å². The van der Waals surface area contributed by atoms with Crippen LogP contribution in [0.25, 0.3) is 12.2 Å². The van der Waals surface area contributed by atoms with E-state index in [9.17, 15) is 4.79 Å². The Balaban J connectivity index is 1.80. The molecule has 132 valence electrons. The Labute approximate surface area is 152 Å². The number of nitrogens with two attached hydrogens (primary N) is 1. The van der Waals surface area contributed by atoms with E-state index in [4.69, 9.17) is 10.5 Å². The summed E-state index contributed by atoms with van der Waals surface area (Å²) < 4.78 is 6.57. The van der Waals surface area contributed by atoms with E-state index in [1.165, 1.54) is 10.6 Å². The van der Waals surface area contributed by atoms with Gasteiger partial charge < -0.3 is 10.5 Å².